The van der Waals surface area contributed by atoms with Gasteiger partial charge in [-0.1, -0.05) is 47.6 Å². The minimum atomic E-state index is -0.177. The van der Waals surface area contributed by atoms with Gasteiger partial charge < -0.3 is 16.6 Å². The van der Waals surface area contributed by atoms with Crippen molar-refractivity contribution < 1.29 is 9.90 Å². The third-order valence-corrected chi connectivity index (χ3v) is 3.83. The molecule has 0 aliphatic carbocycles. The Labute approximate surface area is 150 Å². The summed E-state index contributed by atoms with van der Waals surface area (Å²) in [6.45, 7) is 12.4. The Morgan fingerprint density at radius 2 is 1.60 bits per heavy atom. The van der Waals surface area contributed by atoms with E-state index in [1.807, 2.05) is 26.8 Å². The van der Waals surface area contributed by atoms with Crippen LogP contribution < -0.4 is 11.5 Å². The number of carbonyl (C=O) groups excluding carboxylic acids is 1. The van der Waals surface area contributed by atoms with Crippen molar-refractivity contribution in [2.45, 2.75) is 52.4 Å². The smallest absolute Gasteiger partial charge is 0.153 e. The highest BCUT2D eigenvalue weighted by Gasteiger charge is 2.24. The van der Waals surface area contributed by atoms with Crippen molar-refractivity contribution in [1.29, 1.82) is 0 Å². The summed E-state index contributed by atoms with van der Waals surface area (Å²) >= 11 is 0. The number of hydrogen-bond acceptors (Lipinski definition) is 5. The number of aromatic hydroxyl groups is 1. The summed E-state index contributed by atoms with van der Waals surface area (Å²) in [6.07, 6.45) is 3.85. The van der Waals surface area contributed by atoms with Gasteiger partial charge >= 0.3 is 0 Å². The van der Waals surface area contributed by atoms with Crippen LogP contribution in [0.25, 0.3) is 0 Å². The fourth-order valence-electron chi connectivity index (χ4n) is 2.17. The van der Waals surface area contributed by atoms with Crippen LogP contribution in [0.4, 0.5) is 11.4 Å². The number of phenols is 1. The number of aldehydes is 1. The second-order valence-electron chi connectivity index (χ2n) is 8.08. The molecule has 2 rings (SSSR count). The van der Waals surface area contributed by atoms with E-state index >= 15 is 0 Å². The molecule has 0 bridgehead atoms. The van der Waals surface area contributed by atoms with Crippen molar-refractivity contribution in [3.05, 3.63) is 47.3 Å². The molecule has 0 unspecified atom stereocenters. The highest BCUT2D eigenvalue weighted by molar-refractivity contribution is 5.81. The van der Waals surface area contributed by atoms with E-state index < -0.39 is 0 Å². The van der Waals surface area contributed by atoms with Gasteiger partial charge in [-0.2, -0.15) is 0 Å². The molecule has 1 aromatic carbocycles. The molecule has 5 heteroatoms. The van der Waals surface area contributed by atoms with E-state index in [2.05, 4.69) is 25.8 Å². The van der Waals surface area contributed by atoms with Crippen molar-refractivity contribution in [3.8, 4) is 5.75 Å². The molecule has 0 spiro atoms. The minimum absolute atomic E-state index is 0.0362. The van der Waals surface area contributed by atoms with Crippen LogP contribution in [0, 0.1) is 0 Å². The first kappa shape index (κ1) is 20.5. The molecule has 25 heavy (non-hydrogen) atoms. The fourth-order valence-corrected chi connectivity index (χ4v) is 2.17. The molecule has 0 radical (unpaired) electrons. The Balaban J connectivity index is 0.000000324. The van der Waals surface area contributed by atoms with Crippen LogP contribution in [0.1, 0.15) is 63.0 Å². The van der Waals surface area contributed by atoms with E-state index in [0.717, 1.165) is 17.4 Å². The van der Waals surface area contributed by atoms with Gasteiger partial charge in [0.2, 0.25) is 0 Å². The summed E-state index contributed by atoms with van der Waals surface area (Å²) in [5.41, 5.74) is 13.9. The van der Waals surface area contributed by atoms with Crippen molar-refractivity contribution >= 4 is 17.7 Å². The second-order valence-corrected chi connectivity index (χ2v) is 8.08. The molecule has 1 aromatic heterocycles. The standard InChI is InChI=1S/C15H22O2.C5H7N3/c1-14(2,3)11-7-10(9-16)13(17)12(8-11)15(4,5)6;6-4-1-2-8-3-5(4)7/h7-9,17H,1-6H3;1-3H,7H2,(H2,6,8). The molecule has 0 amide bonds. The van der Waals surface area contributed by atoms with Gasteiger partial charge in [0.25, 0.3) is 0 Å². The summed E-state index contributed by atoms with van der Waals surface area (Å²) in [4.78, 5) is 14.8. The first-order chi connectivity index (χ1) is 11.4. The van der Waals surface area contributed by atoms with Crippen LogP contribution in [0.2, 0.25) is 0 Å². The van der Waals surface area contributed by atoms with Gasteiger partial charge in [-0.05, 0) is 28.5 Å². The zero-order chi connectivity index (χ0) is 19.4. The highest BCUT2D eigenvalue weighted by atomic mass is 16.3. The molecule has 0 saturated heterocycles. The number of rotatable bonds is 1. The largest absolute Gasteiger partial charge is 0.507 e. The van der Waals surface area contributed by atoms with Gasteiger partial charge in [0.1, 0.15) is 5.75 Å². The Bertz CT molecular complexity index is 721. The molecule has 1 heterocycles. The van der Waals surface area contributed by atoms with Gasteiger partial charge in [0.05, 0.1) is 23.1 Å². The lowest BCUT2D eigenvalue weighted by molar-refractivity contribution is 0.112. The van der Waals surface area contributed by atoms with Gasteiger partial charge in [0, 0.05) is 11.8 Å². The van der Waals surface area contributed by atoms with Crippen LogP contribution >= 0.6 is 0 Å². The number of aromatic nitrogens is 1. The van der Waals surface area contributed by atoms with E-state index in [4.69, 9.17) is 11.5 Å². The van der Waals surface area contributed by atoms with Crippen LogP contribution in [-0.4, -0.2) is 16.4 Å². The number of phenolic OH excluding ortho intramolecular Hbond substituents is 1. The summed E-state index contributed by atoms with van der Waals surface area (Å²) in [7, 11) is 0. The maximum absolute atomic E-state index is 11.0. The molecule has 0 saturated carbocycles. The van der Waals surface area contributed by atoms with E-state index in [1.165, 1.54) is 6.20 Å². The van der Waals surface area contributed by atoms with Crippen LogP contribution in [0.5, 0.6) is 5.75 Å². The number of hydrogen-bond donors (Lipinski definition) is 3. The van der Waals surface area contributed by atoms with Gasteiger partial charge in [-0.25, -0.2) is 0 Å². The van der Waals surface area contributed by atoms with Gasteiger partial charge in [-0.15, -0.1) is 0 Å². The van der Waals surface area contributed by atoms with Crippen LogP contribution in [-0.2, 0) is 10.8 Å². The zero-order valence-electron chi connectivity index (χ0n) is 15.9. The molecule has 0 aliphatic rings. The van der Waals surface area contributed by atoms with Crippen LogP contribution in [0.3, 0.4) is 0 Å². The van der Waals surface area contributed by atoms with Gasteiger partial charge in [0.15, 0.2) is 6.29 Å². The first-order valence-electron chi connectivity index (χ1n) is 8.16. The number of benzene rings is 1. The summed E-state index contributed by atoms with van der Waals surface area (Å²) in [6, 6.07) is 5.44. The Kier molecular flexibility index (Phi) is 6.19. The predicted octanol–water partition coefficient (Wildman–Crippen LogP) is 4.05. The number of anilines is 2. The van der Waals surface area contributed by atoms with Crippen LogP contribution in [0.15, 0.2) is 30.6 Å². The third-order valence-electron chi connectivity index (χ3n) is 3.83. The van der Waals surface area contributed by atoms with E-state index in [-0.39, 0.29) is 16.6 Å². The van der Waals surface area contributed by atoms with E-state index in [1.54, 1.807) is 18.3 Å². The summed E-state index contributed by atoms with van der Waals surface area (Å²) < 4.78 is 0. The van der Waals surface area contributed by atoms with Crippen molar-refractivity contribution in [1.82, 2.24) is 4.98 Å². The second kappa shape index (κ2) is 7.55. The van der Waals surface area contributed by atoms with E-state index in [9.17, 15) is 9.90 Å². The summed E-state index contributed by atoms with van der Waals surface area (Å²) in [5, 5.41) is 10.1. The molecule has 0 aliphatic heterocycles. The Hall–Kier alpha value is -2.56. The first-order valence-corrected chi connectivity index (χ1v) is 8.16. The molecular formula is C20H29N3O2. The summed E-state index contributed by atoms with van der Waals surface area (Å²) in [5.74, 6) is 0.112. The number of pyridine rings is 1. The highest BCUT2D eigenvalue weighted by Crippen LogP contribution is 2.36. The zero-order valence-corrected chi connectivity index (χ0v) is 15.9. The number of nitrogens with two attached hydrogens (primary N) is 2. The molecule has 0 atom stereocenters. The lowest BCUT2D eigenvalue weighted by Gasteiger charge is -2.26. The lowest BCUT2D eigenvalue weighted by atomic mass is 9.79. The normalized spacial score (nSPS) is 11.4. The monoisotopic (exact) mass is 343 g/mol. The average molecular weight is 343 g/mol. The average Bonchev–Trinajstić information content (AvgIpc) is 2.49. The lowest BCUT2D eigenvalue weighted by Crippen LogP contribution is -2.17. The third kappa shape index (κ3) is 5.48. The number of nitrogens with zero attached hydrogens (tertiary/aromatic N) is 1. The molecule has 5 nitrogen and oxygen atoms in total. The number of nitrogen functional groups attached to an aromatic ring is 2. The maximum Gasteiger partial charge on any atom is 0.153 e. The van der Waals surface area contributed by atoms with E-state index in [0.29, 0.717) is 16.9 Å². The minimum Gasteiger partial charge on any atom is -0.507 e. The van der Waals surface area contributed by atoms with Crippen molar-refractivity contribution in [2.75, 3.05) is 11.5 Å². The topological polar surface area (TPSA) is 102 Å². The molecule has 5 N–H and O–H groups in total. The van der Waals surface area contributed by atoms with Gasteiger partial charge in [-0.3, -0.25) is 9.78 Å². The predicted molar refractivity (Wildman–Crippen MR) is 104 cm³/mol. The van der Waals surface area contributed by atoms with Crippen molar-refractivity contribution in [2.24, 2.45) is 0 Å². The SMILES string of the molecule is CC(C)(C)c1cc(C=O)c(O)c(C(C)(C)C)c1.Nc1ccncc1N. The Morgan fingerprint density at radius 1 is 1.00 bits per heavy atom. The number of carbonyl (C=O) groups is 1. The molecular weight excluding hydrogens is 314 g/mol. The quantitative estimate of drug-likeness (QED) is 0.678. The maximum atomic E-state index is 11.0. The molecule has 2 aromatic rings. The molecule has 136 valence electrons. The fraction of sp³-hybridized carbons (Fsp3) is 0.400. The molecule has 0 fully saturated rings. The Morgan fingerprint density at radius 3 is 1.96 bits per heavy atom. The van der Waals surface area contributed by atoms with Crippen molar-refractivity contribution in [3.63, 3.8) is 0 Å².